The van der Waals surface area contributed by atoms with E-state index in [-0.39, 0.29) is 16.4 Å². The summed E-state index contributed by atoms with van der Waals surface area (Å²) in [5.74, 6) is 5.07. The molecule has 1 aromatic heterocycles. The maximum atomic E-state index is 10.8. The fraction of sp³-hybridized carbons (Fsp3) is 0.250. The predicted octanol–water partition coefficient (Wildman–Crippen LogP) is 1.80. The van der Waals surface area contributed by atoms with Gasteiger partial charge in [-0.15, -0.1) is 0 Å². The van der Waals surface area contributed by atoms with Crippen molar-refractivity contribution in [2.24, 2.45) is 0 Å². The number of carboxylic acid groups (broad SMARTS) is 1. The lowest BCUT2D eigenvalue weighted by molar-refractivity contribution is -0.109. The van der Waals surface area contributed by atoms with Gasteiger partial charge in [0.15, 0.2) is 5.12 Å². The van der Waals surface area contributed by atoms with Gasteiger partial charge < -0.3 is 5.11 Å². The zero-order valence-electron chi connectivity index (χ0n) is 9.27. The Hall–Kier alpha value is -1.80. The second-order valence-electron chi connectivity index (χ2n) is 3.10. The highest BCUT2D eigenvalue weighted by molar-refractivity contribution is 8.13. The second kappa shape index (κ2) is 6.71. The third kappa shape index (κ3) is 4.70. The minimum Gasteiger partial charge on any atom is -0.478 e. The molecule has 0 atom stereocenters. The average molecular weight is 249 g/mol. The largest absolute Gasteiger partial charge is 0.478 e. The van der Waals surface area contributed by atoms with Crippen LogP contribution in [0.25, 0.3) is 0 Å². The first-order chi connectivity index (χ1) is 8.11. The molecule has 4 nitrogen and oxygen atoms in total. The van der Waals surface area contributed by atoms with Crippen LogP contribution in [0.2, 0.25) is 0 Å². The maximum Gasteiger partial charge on any atom is 0.338 e. The number of hydrogen-bond acceptors (Lipinski definition) is 4. The van der Waals surface area contributed by atoms with E-state index in [1.807, 2.05) is 0 Å². The summed E-state index contributed by atoms with van der Waals surface area (Å²) in [5, 5.41) is 8.94. The summed E-state index contributed by atoms with van der Waals surface area (Å²) in [7, 11) is 0. The molecule has 0 radical (unpaired) electrons. The Balaban J connectivity index is 2.65. The molecule has 1 rings (SSSR count). The third-order valence-corrected chi connectivity index (χ3v) is 2.59. The molecule has 1 heterocycles. The molecule has 5 heteroatoms. The van der Waals surface area contributed by atoms with Crippen molar-refractivity contribution in [3.05, 3.63) is 29.6 Å². The molecule has 0 amide bonds. The molecule has 0 saturated heterocycles. The number of thioether (sulfide) groups is 1. The van der Waals surface area contributed by atoms with Gasteiger partial charge in [-0.05, 0) is 18.1 Å². The van der Waals surface area contributed by atoms with Crippen molar-refractivity contribution in [1.29, 1.82) is 0 Å². The topological polar surface area (TPSA) is 67.3 Å². The normalized spacial score (nSPS) is 9.24. The predicted molar refractivity (Wildman–Crippen MR) is 65.8 cm³/mol. The van der Waals surface area contributed by atoms with E-state index in [0.717, 1.165) is 0 Å². The van der Waals surface area contributed by atoms with E-state index in [9.17, 15) is 9.59 Å². The molecule has 0 aliphatic rings. The molecule has 0 aliphatic heterocycles. The lowest BCUT2D eigenvalue weighted by atomic mass is 10.2. The number of aromatic carboxylic acids is 1. The van der Waals surface area contributed by atoms with Crippen LogP contribution in [0.15, 0.2) is 18.3 Å². The van der Waals surface area contributed by atoms with Crippen LogP contribution in [0, 0.1) is 11.8 Å². The number of nitrogens with zero attached hydrogens (tertiary/aromatic N) is 1. The van der Waals surface area contributed by atoms with E-state index in [4.69, 9.17) is 5.11 Å². The Bertz CT molecular complexity index is 488. The van der Waals surface area contributed by atoms with Crippen molar-refractivity contribution < 1.29 is 14.7 Å². The quantitative estimate of drug-likeness (QED) is 0.653. The molecule has 0 aliphatic carbocycles. The molecule has 0 unspecified atom stereocenters. The van der Waals surface area contributed by atoms with Crippen LogP contribution >= 0.6 is 11.8 Å². The van der Waals surface area contributed by atoms with Crippen LogP contribution in [0.4, 0.5) is 0 Å². The van der Waals surface area contributed by atoms with Crippen molar-refractivity contribution in [2.75, 3.05) is 5.75 Å². The highest BCUT2D eigenvalue weighted by Gasteiger charge is 2.07. The smallest absolute Gasteiger partial charge is 0.338 e. The van der Waals surface area contributed by atoms with Gasteiger partial charge in [0.1, 0.15) is 5.69 Å². The fourth-order valence-electron chi connectivity index (χ4n) is 1.07. The number of carbonyl (C=O) groups excluding carboxylic acids is 1. The van der Waals surface area contributed by atoms with Crippen molar-refractivity contribution in [1.82, 2.24) is 4.98 Å². The van der Waals surface area contributed by atoms with Gasteiger partial charge in [-0.3, -0.25) is 4.79 Å². The number of carboxylic acids is 1. The van der Waals surface area contributed by atoms with Crippen molar-refractivity contribution in [2.45, 2.75) is 13.3 Å². The minimum absolute atomic E-state index is 0.0517. The Kier molecular flexibility index (Phi) is 5.24. The number of carbonyl (C=O) groups is 2. The lowest BCUT2D eigenvalue weighted by Crippen LogP contribution is -2.01. The molecule has 0 bridgehead atoms. The second-order valence-corrected chi connectivity index (χ2v) is 4.37. The molecule has 88 valence electrons. The van der Waals surface area contributed by atoms with Gasteiger partial charge in [-0.2, -0.15) is 0 Å². The summed E-state index contributed by atoms with van der Waals surface area (Å²) in [6, 6.07) is 3.02. The van der Waals surface area contributed by atoms with Gasteiger partial charge in [-0.1, -0.05) is 17.7 Å². The molecule has 1 aromatic rings. The molecule has 0 fully saturated rings. The third-order valence-electron chi connectivity index (χ3n) is 1.78. The van der Waals surface area contributed by atoms with Crippen LogP contribution < -0.4 is 0 Å². The zero-order chi connectivity index (χ0) is 12.7. The van der Waals surface area contributed by atoms with Gasteiger partial charge >= 0.3 is 5.97 Å². The van der Waals surface area contributed by atoms with Crippen LogP contribution in [-0.2, 0) is 4.79 Å². The Morgan fingerprint density at radius 2 is 2.29 bits per heavy atom. The minimum atomic E-state index is -1.04. The van der Waals surface area contributed by atoms with Gasteiger partial charge in [0.05, 0.1) is 5.56 Å². The van der Waals surface area contributed by atoms with Crippen LogP contribution in [0.3, 0.4) is 0 Å². The van der Waals surface area contributed by atoms with Crippen molar-refractivity contribution in [3.8, 4) is 11.8 Å². The van der Waals surface area contributed by atoms with E-state index in [1.165, 1.54) is 30.9 Å². The molecular weight excluding hydrogens is 238 g/mol. The standard InChI is InChI=1S/C12H11NO3S/c1-9(14)17-8-3-2-6-11-10(12(15)16)5-4-7-13-11/h4-5,7H,3,8H2,1H3,(H,15,16). The SMILES string of the molecule is CC(=O)SCCC#Cc1ncccc1C(=O)O. The molecule has 0 saturated carbocycles. The van der Waals surface area contributed by atoms with Crippen molar-refractivity contribution >= 4 is 22.8 Å². The van der Waals surface area contributed by atoms with Crippen molar-refractivity contribution in [3.63, 3.8) is 0 Å². The molecule has 1 N–H and O–H groups in total. The van der Waals surface area contributed by atoms with Gasteiger partial charge in [0.25, 0.3) is 0 Å². The summed E-state index contributed by atoms with van der Waals surface area (Å²) in [4.78, 5) is 25.4. The molecular formula is C12H11NO3S. The fourth-order valence-corrected chi connectivity index (χ4v) is 1.56. The van der Waals surface area contributed by atoms with E-state index in [0.29, 0.717) is 12.2 Å². The number of rotatable bonds is 3. The Morgan fingerprint density at radius 1 is 1.53 bits per heavy atom. The first kappa shape index (κ1) is 13.3. The van der Waals surface area contributed by atoms with E-state index in [2.05, 4.69) is 16.8 Å². The molecule has 0 spiro atoms. The summed E-state index contributed by atoms with van der Waals surface area (Å²) in [6.45, 7) is 1.50. The van der Waals surface area contributed by atoms with E-state index >= 15 is 0 Å². The molecule has 17 heavy (non-hydrogen) atoms. The van der Waals surface area contributed by atoms with Gasteiger partial charge in [0, 0.05) is 25.3 Å². The number of pyridine rings is 1. The van der Waals surface area contributed by atoms with Gasteiger partial charge in [0.2, 0.25) is 0 Å². The Morgan fingerprint density at radius 3 is 2.94 bits per heavy atom. The highest BCUT2D eigenvalue weighted by atomic mass is 32.2. The first-order valence-corrected chi connectivity index (χ1v) is 5.90. The monoisotopic (exact) mass is 249 g/mol. The zero-order valence-corrected chi connectivity index (χ0v) is 10.1. The van der Waals surface area contributed by atoms with E-state index in [1.54, 1.807) is 6.07 Å². The lowest BCUT2D eigenvalue weighted by Gasteiger charge is -1.95. The maximum absolute atomic E-state index is 10.8. The average Bonchev–Trinajstić information content (AvgIpc) is 2.28. The number of hydrogen-bond donors (Lipinski definition) is 1. The van der Waals surface area contributed by atoms with Crippen LogP contribution in [0.5, 0.6) is 0 Å². The summed E-state index contributed by atoms with van der Waals surface area (Å²) in [5.41, 5.74) is 0.354. The van der Waals surface area contributed by atoms with Crippen LogP contribution in [-0.4, -0.2) is 26.9 Å². The van der Waals surface area contributed by atoms with E-state index < -0.39 is 5.97 Å². The highest BCUT2D eigenvalue weighted by Crippen LogP contribution is 2.05. The molecule has 0 aromatic carbocycles. The van der Waals surface area contributed by atoms with Gasteiger partial charge in [-0.25, -0.2) is 9.78 Å². The summed E-state index contributed by atoms with van der Waals surface area (Å²) < 4.78 is 0. The summed E-state index contributed by atoms with van der Waals surface area (Å²) in [6.07, 6.45) is 2.03. The Labute approximate surface area is 103 Å². The summed E-state index contributed by atoms with van der Waals surface area (Å²) >= 11 is 1.20. The number of aromatic nitrogens is 1. The van der Waals surface area contributed by atoms with Crippen LogP contribution in [0.1, 0.15) is 29.4 Å². The first-order valence-electron chi connectivity index (χ1n) is 4.92.